The molecule has 3 aromatic heterocycles. The van der Waals surface area contributed by atoms with Gasteiger partial charge in [-0.3, -0.25) is 4.98 Å². The molecule has 0 aliphatic heterocycles. The van der Waals surface area contributed by atoms with Crippen LogP contribution in [-0.2, 0) is 0 Å². The molecule has 0 aliphatic rings. The van der Waals surface area contributed by atoms with E-state index >= 15 is 0 Å². The summed E-state index contributed by atoms with van der Waals surface area (Å²) in [6.07, 6.45) is 3.69. The van der Waals surface area contributed by atoms with E-state index in [-0.39, 0.29) is 0 Å². The van der Waals surface area contributed by atoms with E-state index in [0.29, 0.717) is 17.5 Å². The van der Waals surface area contributed by atoms with Crippen molar-refractivity contribution in [2.45, 2.75) is 0 Å². The second-order valence-electron chi connectivity index (χ2n) is 12.3. The van der Waals surface area contributed by atoms with Crippen molar-refractivity contribution < 1.29 is 4.42 Å². The zero-order chi connectivity index (χ0) is 32.3. The first kappa shape index (κ1) is 27.4. The highest BCUT2D eigenvalue weighted by molar-refractivity contribution is 6.15. The van der Waals surface area contributed by atoms with Crippen LogP contribution in [0, 0.1) is 0 Å². The molecule has 0 N–H and O–H groups in total. The minimum atomic E-state index is 0.589. The monoisotopic (exact) mass is 626 g/mol. The lowest BCUT2D eigenvalue weighted by molar-refractivity contribution is 0.669. The van der Waals surface area contributed by atoms with Gasteiger partial charge in [-0.05, 0) is 68.4 Å². The Bertz CT molecular complexity index is 2890. The Kier molecular flexibility index (Phi) is 6.11. The van der Waals surface area contributed by atoms with Gasteiger partial charge in [0.2, 0.25) is 0 Å². The third-order valence-electron chi connectivity index (χ3n) is 9.38. The summed E-state index contributed by atoms with van der Waals surface area (Å²) in [6.45, 7) is 0. The van der Waals surface area contributed by atoms with E-state index in [1.54, 1.807) is 6.20 Å². The highest BCUT2D eigenvalue weighted by atomic mass is 16.3. The molecular weight excluding hydrogens is 601 g/mol. The van der Waals surface area contributed by atoms with Crippen molar-refractivity contribution in [2.24, 2.45) is 0 Å². The zero-order valence-electron chi connectivity index (χ0n) is 26.2. The van der Waals surface area contributed by atoms with Crippen LogP contribution >= 0.6 is 0 Å². The molecule has 0 aliphatic carbocycles. The van der Waals surface area contributed by atoms with E-state index in [4.69, 9.17) is 19.4 Å². The maximum atomic E-state index is 6.39. The van der Waals surface area contributed by atoms with Gasteiger partial charge >= 0.3 is 0 Å². The molecule has 5 heteroatoms. The number of aromatic nitrogens is 4. The average molecular weight is 627 g/mol. The molecule has 10 rings (SSSR count). The molecule has 0 radical (unpaired) electrons. The third-order valence-corrected chi connectivity index (χ3v) is 9.38. The molecule has 0 saturated heterocycles. The molecule has 5 nitrogen and oxygen atoms in total. The van der Waals surface area contributed by atoms with Gasteiger partial charge in [0.05, 0.1) is 0 Å². The van der Waals surface area contributed by atoms with Crippen LogP contribution in [0.4, 0.5) is 0 Å². The molecule has 0 fully saturated rings. The first-order chi connectivity index (χ1) is 24.2. The summed E-state index contributed by atoms with van der Waals surface area (Å²) >= 11 is 0. The highest BCUT2D eigenvalue weighted by Gasteiger charge is 2.19. The molecular formula is C44H26N4O. The predicted molar refractivity (Wildman–Crippen MR) is 199 cm³/mol. The minimum Gasteiger partial charge on any atom is -0.456 e. The zero-order valence-corrected chi connectivity index (χ0v) is 26.2. The molecule has 10 aromatic rings. The van der Waals surface area contributed by atoms with E-state index in [1.807, 2.05) is 24.4 Å². The van der Waals surface area contributed by atoms with Crippen LogP contribution in [0.3, 0.4) is 0 Å². The fraction of sp³-hybridized carbons (Fsp3) is 0. The van der Waals surface area contributed by atoms with E-state index in [2.05, 4.69) is 132 Å². The number of benzene rings is 7. The number of hydrogen-bond acceptors (Lipinski definition) is 5. The van der Waals surface area contributed by atoms with Crippen LogP contribution in [0.1, 0.15) is 0 Å². The Morgan fingerprint density at radius 1 is 0.388 bits per heavy atom. The molecule has 49 heavy (non-hydrogen) atoms. The molecule has 0 saturated carbocycles. The standard InChI is InChI=1S/C44H26N4O/c1-2-9-31-23-33(20-15-27(31)7-1)43-46-42(30-18-16-29(17-19-30)36-12-5-10-28-8-3-4-11-35(28)36)47-44(48-43)37-13-6-14-39-41(37)38-24-34-26-45-22-21-32(34)25-40(38)49-39/h1-26H. The first-order valence-corrected chi connectivity index (χ1v) is 16.3. The van der Waals surface area contributed by atoms with Gasteiger partial charge in [-0.1, -0.05) is 115 Å². The number of furan rings is 1. The summed E-state index contributed by atoms with van der Waals surface area (Å²) in [5, 5.41) is 8.84. The number of hydrogen-bond donors (Lipinski definition) is 0. The molecule has 0 bridgehead atoms. The first-order valence-electron chi connectivity index (χ1n) is 16.3. The number of rotatable bonds is 4. The quantitative estimate of drug-likeness (QED) is 0.194. The van der Waals surface area contributed by atoms with Gasteiger partial charge in [0.25, 0.3) is 0 Å². The maximum Gasteiger partial charge on any atom is 0.164 e. The number of fused-ring (bicyclic) bond motifs is 6. The summed E-state index contributed by atoms with van der Waals surface area (Å²) < 4.78 is 6.39. The molecule has 0 unspecified atom stereocenters. The SMILES string of the molecule is c1ccc2cc(-c3nc(-c4ccc(-c5cccc6ccccc56)cc4)nc(-c4cccc5oc6cc7ccncc7cc6c45)n3)ccc2c1. The lowest BCUT2D eigenvalue weighted by Crippen LogP contribution is -2.00. The fourth-order valence-electron chi connectivity index (χ4n) is 6.95. The van der Waals surface area contributed by atoms with Crippen molar-refractivity contribution in [3.8, 4) is 45.3 Å². The van der Waals surface area contributed by atoms with Crippen molar-refractivity contribution in [3.63, 3.8) is 0 Å². The average Bonchev–Trinajstić information content (AvgIpc) is 3.54. The Morgan fingerprint density at radius 3 is 1.96 bits per heavy atom. The number of nitrogens with zero attached hydrogens (tertiary/aromatic N) is 4. The van der Waals surface area contributed by atoms with Gasteiger partial charge in [0.15, 0.2) is 17.5 Å². The van der Waals surface area contributed by atoms with E-state index in [9.17, 15) is 0 Å². The van der Waals surface area contributed by atoms with E-state index in [0.717, 1.165) is 60.4 Å². The normalized spacial score (nSPS) is 11.7. The molecule has 0 amide bonds. The molecule has 3 heterocycles. The van der Waals surface area contributed by atoms with Gasteiger partial charge in [-0.2, -0.15) is 0 Å². The van der Waals surface area contributed by atoms with Gasteiger partial charge in [0, 0.05) is 45.2 Å². The van der Waals surface area contributed by atoms with Crippen molar-refractivity contribution in [2.75, 3.05) is 0 Å². The smallest absolute Gasteiger partial charge is 0.164 e. The predicted octanol–water partition coefficient (Wildman–Crippen LogP) is 11.3. The molecule has 0 atom stereocenters. The summed E-state index contributed by atoms with van der Waals surface area (Å²) in [5.41, 5.74) is 6.66. The Hall–Kier alpha value is -6.72. The Labute approximate surface area is 281 Å². The number of pyridine rings is 1. The Morgan fingerprint density at radius 2 is 1.06 bits per heavy atom. The minimum absolute atomic E-state index is 0.589. The summed E-state index contributed by atoms with van der Waals surface area (Å²) in [6, 6.07) is 50.4. The summed E-state index contributed by atoms with van der Waals surface area (Å²) in [4.78, 5) is 19.7. The second-order valence-corrected chi connectivity index (χ2v) is 12.3. The van der Waals surface area contributed by atoms with Crippen molar-refractivity contribution in [1.29, 1.82) is 0 Å². The maximum absolute atomic E-state index is 6.39. The van der Waals surface area contributed by atoms with Crippen LogP contribution in [0.2, 0.25) is 0 Å². The fourth-order valence-corrected chi connectivity index (χ4v) is 6.95. The van der Waals surface area contributed by atoms with Gasteiger partial charge in [0.1, 0.15) is 11.2 Å². The van der Waals surface area contributed by atoms with E-state index < -0.39 is 0 Å². The third kappa shape index (κ3) is 4.63. The second kappa shape index (κ2) is 10.9. The Balaban J connectivity index is 1.17. The lowest BCUT2D eigenvalue weighted by Gasteiger charge is -2.11. The lowest BCUT2D eigenvalue weighted by atomic mass is 9.97. The highest BCUT2D eigenvalue weighted by Crippen LogP contribution is 2.38. The van der Waals surface area contributed by atoms with Gasteiger partial charge in [-0.15, -0.1) is 0 Å². The van der Waals surface area contributed by atoms with Crippen LogP contribution in [0.25, 0.3) is 99.5 Å². The van der Waals surface area contributed by atoms with Crippen LogP contribution in [-0.4, -0.2) is 19.9 Å². The largest absolute Gasteiger partial charge is 0.456 e. The van der Waals surface area contributed by atoms with Crippen LogP contribution in [0.15, 0.2) is 162 Å². The molecule has 0 spiro atoms. The van der Waals surface area contributed by atoms with Crippen molar-refractivity contribution in [3.05, 3.63) is 158 Å². The van der Waals surface area contributed by atoms with Crippen molar-refractivity contribution in [1.82, 2.24) is 19.9 Å². The van der Waals surface area contributed by atoms with Crippen molar-refractivity contribution >= 4 is 54.3 Å². The summed E-state index contributed by atoms with van der Waals surface area (Å²) in [7, 11) is 0. The topological polar surface area (TPSA) is 64.7 Å². The van der Waals surface area contributed by atoms with Crippen LogP contribution in [0.5, 0.6) is 0 Å². The van der Waals surface area contributed by atoms with E-state index in [1.165, 1.54) is 21.7 Å². The molecule has 228 valence electrons. The van der Waals surface area contributed by atoms with Crippen LogP contribution < -0.4 is 0 Å². The van der Waals surface area contributed by atoms with Gasteiger partial charge in [-0.25, -0.2) is 15.0 Å². The molecule has 7 aromatic carbocycles. The van der Waals surface area contributed by atoms with Gasteiger partial charge < -0.3 is 4.42 Å². The summed E-state index contributed by atoms with van der Waals surface area (Å²) in [5.74, 6) is 1.81.